The molecule has 130 valence electrons. The fraction of sp³-hybridized carbons (Fsp3) is 0.471. The van der Waals surface area contributed by atoms with Gasteiger partial charge in [-0.15, -0.1) is 0 Å². The maximum Gasteiger partial charge on any atom is 0.212 e. The van der Waals surface area contributed by atoms with Crippen molar-refractivity contribution in [3.05, 3.63) is 41.3 Å². The van der Waals surface area contributed by atoms with Crippen LogP contribution in [0.3, 0.4) is 0 Å². The van der Waals surface area contributed by atoms with Crippen molar-refractivity contribution in [2.24, 2.45) is 4.99 Å². The summed E-state index contributed by atoms with van der Waals surface area (Å²) in [6, 6.07) is 5.92. The summed E-state index contributed by atoms with van der Waals surface area (Å²) in [5.41, 5.74) is 3.33. The summed E-state index contributed by atoms with van der Waals surface area (Å²) in [6.45, 7) is 6.48. The molecule has 0 unspecified atom stereocenters. The van der Waals surface area contributed by atoms with Gasteiger partial charge in [-0.05, 0) is 31.9 Å². The minimum atomic E-state index is 0.616. The zero-order chi connectivity index (χ0) is 17.4. The maximum absolute atomic E-state index is 5.05. The van der Waals surface area contributed by atoms with Crippen LogP contribution in [0.15, 0.2) is 29.4 Å². The van der Waals surface area contributed by atoms with Gasteiger partial charge in [0.15, 0.2) is 5.96 Å². The van der Waals surface area contributed by atoms with Crippen LogP contribution in [-0.4, -0.2) is 41.4 Å². The predicted octanol–water partition coefficient (Wildman–Crippen LogP) is 1.66. The molecule has 0 amide bonds. The van der Waals surface area contributed by atoms with Gasteiger partial charge in [0.2, 0.25) is 5.88 Å². The molecule has 0 saturated carbocycles. The monoisotopic (exact) mass is 330 g/mol. The third kappa shape index (κ3) is 5.26. The Morgan fingerprint density at radius 3 is 2.71 bits per heavy atom. The normalized spacial score (nSPS) is 11.4. The molecule has 0 aliphatic heterocycles. The molecule has 0 fully saturated rings. The zero-order valence-corrected chi connectivity index (χ0v) is 14.8. The van der Waals surface area contributed by atoms with Crippen LogP contribution in [0, 0.1) is 13.8 Å². The zero-order valence-electron chi connectivity index (χ0n) is 14.8. The van der Waals surface area contributed by atoms with E-state index in [0.29, 0.717) is 12.4 Å². The fourth-order valence-corrected chi connectivity index (χ4v) is 2.38. The SMILES string of the molecule is CN=C(NCCCn1nc(C)cc1C)NCc1ccc(OC)nc1. The van der Waals surface area contributed by atoms with Gasteiger partial charge in [-0.1, -0.05) is 6.07 Å². The summed E-state index contributed by atoms with van der Waals surface area (Å²) in [5, 5.41) is 11.0. The summed E-state index contributed by atoms with van der Waals surface area (Å²) in [7, 11) is 3.38. The number of guanidine groups is 1. The van der Waals surface area contributed by atoms with Crippen LogP contribution in [0.4, 0.5) is 0 Å². The average molecular weight is 330 g/mol. The van der Waals surface area contributed by atoms with Crippen molar-refractivity contribution in [3.8, 4) is 5.88 Å². The summed E-state index contributed by atoms with van der Waals surface area (Å²) in [4.78, 5) is 8.42. The number of nitrogens with one attached hydrogen (secondary N) is 2. The molecule has 0 atom stereocenters. The van der Waals surface area contributed by atoms with Crippen LogP contribution in [-0.2, 0) is 13.1 Å². The Labute approximate surface area is 143 Å². The summed E-state index contributed by atoms with van der Waals surface area (Å²) >= 11 is 0. The van der Waals surface area contributed by atoms with Crippen molar-refractivity contribution in [1.82, 2.24) is 25.4 Å². The van der Waals surface area contributed by atoms with E-state index < -0.39 is 0 Å². The van der Waals surface area contributed by atoms with Crippen molar-refractivity contribution in [2.75, 3.05) is 20.7 Å². The van der Waals surface area contributed by atoms with Crippen LogP contribution < -0.4 is 15.4 Å². The van der Waals surface area contributed by atoms with E-state index in [9.17, 15) is 0 Å². The Hall–Kier alpha value is -2.57. The molecule has 7 nitrogen and oxygen atoms in total. The van der Waals surface area contributed by atoms with E-state index in [0.717, 1.165) is 36.7 Å². The number of hydrogen-bond acceptors (Lipinski definition) is 4. The number of nitrogens with zero attached hydrogens (tertiary/aromatic N) is 4. The number of aliphatic imine (C=N–C) groups is 1. The molecular weight excluding hydrogens is 304 g/mol. The molecule has 0 radical (unpaired) electrons. The van der Waals surface area contributed by atoms with E-state index in [1.54, 1.807) is 20.4 Å². The first-order chi connectivity index (χ1) is 11.6. The molecule has 7 heteroatoms. The first-order valence-electron chi connectivity index (χ1n) is 8.07. The Balaban J connectivity index is 1.71. The van der Waals surface area contributed by atoms with Crippen LogP contribution in [0.2, 0.25) is 0 Å². The average Bonchev–Trinajstić information content (AvgIpc) is 2.92. The second-order valence-electron chi connectivity index (χ2n) is 5.57. The van der Waals surface area contributed by atoms with Gasteiger partial charge in [-0.25, -0.2) is 4.98 Å². The van der Waals surface area contributed by atoms with Gasteiger partial charge in [0.1, 0.15) is 0 Å². The molecule has 24 heavy (non-hydrogen) atoms. The number of methoxy groups -OCH3 is 1. The second-order valence-corrected chi connectivity index (χ2v) is 5.57. The van der Waals surface area contributed by atoms with Crippen LogP contribution in [0.25, 0.3) is 0 Å². The second kappa shape index (κ2) is 8.90. The Morgan fingerprint density at radius 2 is 2.12 bits per heavy atom. The Morgan fingerprint density at radius 1 is 1.29 bits per heavy atom. The number of hydrogen-bond donors (Lipinski definition) is 2. The number of ether oxygens (including phenoxy) is 1. The van der Waals surface area contributed by atoms with Crippen LogP contribution in [0.1, 0.15) is 23.4 Å². The molecule has 0 saturated heterocycles. The highest BCUT2D eigenvalue weighted by Crippen LogP contribution is 2.06. The highest BCUT2D eigenvalue weighted by molar-refractivity contribution is 5.79. The molecule has 0 aromatic carbocycles. The van der Waals surface area contributed by atoms with Crippen molar-refractivity contribution >= 4 is 5.96 Å². The van der Waals surface area contributed by atoms with E-state index >= 15 is 0 Å². The van der Waals surface area contributed by atoms with Gasteiger partial charge in [0, 0.05) is 44.6 Å². The summed E-state index contributed by atoms with van der Waals surface area (Å²) in [6.07, 6.45) is 2.77. The van der Waals surface area contributed by atoms with Crippen molar-refractivity contribution in [1.29, 1.82) is 0 Å². The molecule has 0 aliphatic carbocycles. The van der Waals surface area contributed by atoms with Crippen molar-refractivity contribution in [2.45, 2.75) is 33.4 Å². The lowest BCUT2D eigenvalue weighted by molar-refractivity contribution is 0.397. The third-order valence-corrected chi connectivity index (χ3v) is 3.63. The van der Waals surface area contributed by atoms with E-state index in [2.05, 4.69) is 38.7 Å². The lowest BCUT2D eigenvalue weighted by Crippen LogP contribution is -2.37. The van der Waals surface area contributed by atoms with E-state index in [4.69, 9.17) is 4.74 Å². The van der Waals surface area contributed by atoms with Crippen molar-refractivity contribution < 1.29 is 4.74 Å². The molecule has 2 N–H and O–H groups in total. The van der Waals surface area contributed by atoms with Gasteiger partial charge in [0.05, 0.1) is 12.8 Å². The topological polar surface area (TPSA) is 76.4 Å². The van der Waals surface area contributed by atoms with Crippen LogP contribution in [0.5, 0.6) is 5.88 Å². The Bertz CT molecular complexity index is 662. The molecule has 2 heterocycles. The van der Waals surface area contributed by atoms with Crippen LogP contribution >= 0.6 is 0 Å². The number of aryl methyl sites for hydroxylation is 3. The quantitative estimate of drug-likeness (QED) is 0.459. The van der Waals surface area contributed by atoms with E-state index in [1.807, 2.05) is 23.7 Å². The van der Waals surface area contributed by atoms with Gasteiger partial charge in [-0.3, -0.25) is 9.67 Å². The molecular formula is C17H26N6O. The van der Waals surface area contributed by atoms with Gasteiger partial charge in [-0.2, -0.15) is 5.10 Å². The Kier molecular flexibility index (Phi) is 6.60. The van der Waals surface area contributed by atoms with Gasteiger partial charge in [0.25, 0.3) is 0 Å². The fourth-order valence-electron chi connectivity index (χ4n) is 2.38. The molecule has 0 bridgehead atoms. The molecule has 2 aromatic rings. The number of aromatic nitrogens is 3. The number of rotatable bonds is 7. The molecule has 0 aliphatic rings. The first kappa shape index (κ1) is 17.8. The standard InChI is InChI=1S/C17H26N6O/c1-13-10-14(2)23(22-13)9-5-8-19-17(18-3)21-12-15-6-7-16(24-4)20-11-15/h6-7,10-11H,5,8-9,12H2,1-4H3,(H2,18,19,21). The van der Waals surface area contributed by atoms with E-state index in [1.165, 1.54) is 5.69 Å². The largest absolute Gasteiger partial charge is 0.481 e. The third-order valence-electron chi connectivity index (χ3n) is 3.63. The lowest BCUT2D eigenvalue weighted by atomic mass is 10.3. The highest BCUT2D eigenvalue weighted by atomic mass is 16.5. The highest BCUT2D eigenvalue weighted by Gasteiger charge is 2.02. The smallest absolute Gasteiger partial charge is 0.212 e. The minimum Gasteiger partial charge on any atom is -0.481 e. The number of pyridine rings is 1. The first-order valence-corrected chi connectivity index (χ1v) is 8.07. The maximum atomic E-state index is 5.05. The minimum absolute atomic E-state index is 0.616. The van der Waals surface area contributed by atoms with E-state index in [-0.39, 0.29) is 0 Å². The molecule has 2 aromatic heterocycles. The summed E-state index contributed by atoms with van der Waals surface area (Å²) < 4.78 is 7.09. The molecule has 0 spiro atoms. The predicted molar refractivity (Wildman–Crippen MR) is 95.3 cm³/mol. The van der Waals surface area contributed by atoms with Gasteiger partial charge < -0.3 is 15.4 Å². The lowest BCUT2D eigenvalue weighted by Gasteiger charge is -2.12. The summed E-state index contributed by atoms with van der Waals surface area (Å²) in [5.74, 6) is 1.39. The van der Waals surface area contributed by atoms with Crippen molar-refractivity contribution in [3.63, 3.8) is 0 Å². The van der Waals surface area contributed by atoms with Gasteiger partial charge >= 0.3 is 0 Å². The molecule has 2 rings (SSSR count).